The van der Waals surface area contributed by atoms with Gasteiger partial charge in [0.1, 0.15) is 0 Å². The lowest BCUT2D eigenvalue weighted by atomic mass is 10.2. The molecular formula is C11H14ClN3O. The number of hydrogen-bond donors (Lipinski definition) is 1. The molecule has 1 atom stereocenters. The van der Waals surface area contributed by atoms with E-state index < -0.39 is 0 Å². The summed E-state index contributed by atoms with van der Waals surface area (Å²) in [7, 11) is 0. The standard InChI is InChI=1S/C11H14ClN3O/c1-8-7-15(5-4-14-8)11(16)9-2-3-13-6-10(9)12/h2-3,6,8,14H,4-5,7H2,1H3/t8-/m0/s1. The fraction of sp³-hybridized carbons (Fsp3) is 0.455. The lowest BCUT2D eigenvalue weighted by molar-refractivity contribution is 0.0709. The molecule has 2 rings (SSSR count). The van der Waals surface area contributed by atoms with E-state index in [1.165, 1.54) is 6.20 Å². The molecule has 86 valence electrons. The number of rotatable bonds is 1. The summed E-state index contributed by atoms with van der Waals surface area (Å²) in [5, 5.41) is 3.71. The molecule has 1 N–H and O–H groups in total. The summed E-state index contributed by atoms with van der Waals surface area (Å²) in [6.07, 6.45) is 3.09. The van der Waals surface area contributed by atoms with Gasteiger partial charge in [-0.2, -0.15) is 0 Å². The summed E-state index contributed by atoms with van der Waals surface area (Å²) >= 11 is 5.95. The Morgan fingerprint density at radius 2 is 2.50 bits per heavy atom. The number of hydrogen-bond acceptors (Lipinski definition) is 3. The smallest absolute Gasteiger partial charge is 0.255 e. The summed E-state index contributed by atoms with van der Waals surface area (Å²) in [4.78, 5) is 17.8. The third-order valence-electron chi connectivity index (χ3n) is 2.66. The topological polar surface area (TPSA) is 45.2 Å². The Morgan fingerprint density at radius 1 is 1.69 bits per heavy atom. The van der Waals surface area contributed by atoms with Crippen molar-refractivity contribution in [2.24, 2.45) is 0 Å². The zero-order valence-electron chi connectivity index (χ0n) is 9.11. The summed E-state index contributed by atoms with van der Waals surface area (Å²) in [6, 6.07) is 2.00. The molecule has 0 spiro atoms. The maximum Gasteiger partial charge on any atom is 0.255 e. The van der Waals surface area contributed by atoms with Crippen LogP contribution >= 0.6 is 11.6 Å². The van der Waals surface area contributed by atoms with Crippen LogP contribution in [0.3, 0.4) is 0 Å². The van der Waals surface area contributed by atoms with E-state index in [2.05, 4.69) is 17.2 Å². The van der Waals surface area contributed by atoms with Crippen molar-refractivity contribution in [3.8, 4) is 0 Å². The van der Waals surface area contributed by atoms with Gasteiger partial charge in [0.2, 0.25) is 0 Å². The maximum absolute atomic E-state index is 12.2. The molecule has 1 aliphatic heterocycles. The third-order valence-corrected chi connectivity index (χ3v) is 2.96. The van der Waals surface area contributed by atoms with Crippen molar-refractivity contribution in [3.63, 3.8) is 0 Å². The molecule has 0 bridgehead atoms. The first-order valence-corrected chi connectivity index (χ1v) is 5.68. The average molecular weight is 240 g/mol. The second kappa shape index (κ2) is 4.80. The van der Waals surface area contributed by atoms with Crippen LogP contribution in [0.2, 0.25) is 5.02 Å². The number of piperazine rings is 1. The van der Waals surface area contributed by atoms with Crippen LogP contribution in [-0.4, -0.2) is 41.5 Å². The van der Waals surface area contributed by atoms with Gasteiger partial charge in [0, 0.05) is 38.1 Å². The molecule has 4 nitrogen and oxygen atoms in total. The van der Waals surface area contributed by atoms with Gasteiger partial charge in [0.05, 0.1) is 10.6 Å². The van der Waals surface area contributed by atoms with E-state index >= 15 is 0 Å². The van der Waals surface area contributed by atoms with E-state index in [0.717, 1.165) is 19.6 Å². The van der Waals surface area contributed by atoms with Crippen LogP contribution < -0.4 is 5.32 Å². The van der Waals surface area contributed by atoms with E-state index in [0.29, 0.717) is 16.6 Å². The average Bonchev–Trinajstić information content (AvgIpc) is 2.29. The number of pyridine rings is 1. The molecule has 0 aromatic carbocycles. The lowest BCUT2D eigenvalue weighted by Gasteiger charge is -2.32. The molecule has 0 aliphatic carbocycles. The molecular weight excluding hydrogens is 226 g/mol. The van der Waals surface area contributed by atoms with Gasteiger partial charge in [0.25, 0.3) is 5.91 Å². The first-order chi connectivity index (χ1) is 7.68. The van der Waals surface area contributed by atoms with Gasteiger partial charge in [-0.25, -0.2) is 0 Å². The van der Waals surface area contributed by atoms with Crippen LogP contribution in [0.15, 0.2) is 18.5 Å². The van der Waals surface area contributed by atoms with Gasteiger partial charge in [-0.1, -0.05) is 11.6 Å². The van der Waals surface area contributed by atoms with E-state index in [9.17, 15) is 4.79 Å². The number of halogens is 1. The van der Waals surface area contributed by atoms with E-state index in [4.69, 9.17) is 11.6 Å². The number of nitrogens with one attached hydrogen (secondary N) is 1. The Morgan fingerprint density at radius 3 is 3.19 bits per heavy atom. The highest BCUT2D eigenvalue weighted by atomic mass is 35.5. The highest BCUT2D eigenvalue weighted by molar-refractivity contribution is 6.33. The maximum atomic E-state index is 12.2. The molecule has 1 fully saturated rings. The largest absolute Gasteiger partial charge is 0.336 e. The first kappa shape index (κ1) is 11.4. The zero-order chi connectivity index (χ0) is 11.5. The van der Waals surface area contributed by atoms with Crippen LogP contribution in [0.5, 0.6) is 0 Å². The van der Waals surface area contributed by atoms with Gasteiger partial charge in [-0.3, -0.25) is 9.78 Å². The number of amides is 1. The Balaban J connectivity index is 2.16. The van der Waals surface area contributed by atoms with Crippen molar-refractivity contribution in [1.82, 2.24) is 15.2 Å². The molecule has 0 saturated carbocycles. The minimum absolute atomic E-state index is 0.0132. The fourth-order valence-electron chi connectivity index (χ4n) is 1.84. The number of nitrogens with zero attached hydrogens (tertiary/aromatic N) is 2. The van der Waals surface area contributed by atoms with Crippen molar-refractivity contribution in [1.29, 1.82) is 0 Å². The molecule has 1 aliphatic rings. The van der Waals surface area contributed by atoms with Crippen LogP contribution in [0.25, 0.3) is 0 Å². The molecule has 1 aromatic heterocycles. The van der Waals surface area contributed by atoms with Crippen molar-refractivity contribution in [3.05, 3.63) is 29.0 Å². The van der Waals surface area contributed by atoms with Gasteiger partial charge in [0.15, 0.2) is 0 Å². The van der Waals surface area contributed by atoms with Gasteiger partial charge >= 0.3 is 0 Å². The Kier molecular flexibility index (Phi) is 3.41. The summed E-state index contributed by atoms with van der Waals surface area (Å²) in [5.41, 5.74) is 0.533. The molecule has 5 heteroatoms. The van der Waals surface area contributed by atoms with E-state index in [1.807, 2.05) is 4.90 Å². The van der Waals surface area contributed by atoms with Gasteiger partial charge in [-0.15, -0.1) is 0 Å². The molecule has 16 heavy (non-hydrogen) atoms. The normalized spacial score (nSPS) is 20.9. The first-order valence-electron chi connectivity index (χ1n) is 5.30. The predicted octanol–water partition coefficient (Wildman–Crippen LogP) is 1.17. The third kappa shape index (κ3) is 2.33. The van der Waals surface area contributed by atoms with Crippen LogP contribution in [0.4, 0.5) is 0 Å². The van der Waals surface area contributed by atoms with Crippen LogP contribution in [0, 0.1) is 0 Å². The van der Waals surface area contributed by atoms with Crippen molar-refractivity contribution >= 4 is 17.5 Å². The summed E-state index contributed by atoms with van der Waals surface area (Å²) in [6.45, 7) is 4.34. The van der Waals surface area contributed by atoms with E-state index in [-0.39, 0.29) is 5.91 Å². The molecule has 2 heterocycles. The SMILES string of the molecule is C[C@H]1CN(C(=O)c2ccncc2Cl)CCN1. The van der Waals surface area contributed by atoms with Crippen molar-refractivity contribution in [2.75, 3.05) is 19.6 Å². The quantitative estimate of drug-likeness (QED) is 0.800. The molecule has 1 aromatic rings. The van der Waals surface area contributed by atoms with Crippen LogP contribution in [-0.2, 0) is 0 Å². The minimum atomic E-state index is -0.0132. The zero-order valence-corrected chi connectivity index (χ0v) is 9.87. The Labute approximate surface area is 99.6 Å². The number of carbonyl (C=O) groups is 1. The predicted molar refractivity (Wildman–Crippen MR) is 62.6 cm³/mol. The molecule has 1 amide bonds. The number of aromatic nitrogens is 1. The molecule has 0 radical (unpaired) electrons. The van der Waals surface area contributed by atoms with Gasteiger partial charge < -0.3 is 10.2 Å². The van der Waals surface area contributed by atoms with E-state index in [1.54, 1.807) is 12.3 Å². The Hall–Kier alpha value is -1.13. The van der Waals surface area contributed by atoms with Crippen molar-refractivity contribution in [2.45, 2.75) is 13.0 Å². The van der Waals surface area contributed by atoms with Gasteiger partial charge in [-0.05, 0) is 13.0 Å². The molecule has 0 unspecified atom stereocenters. The van der Waals surface area contributed by atoms with Crippen molar-refractivity contribution < 1.29 is 4.79 Å². The lowest BCUT2D eigenvalue weighted by Crippen LogP contribution is -2.51. The summed E-state index contributed by atoms with van der Waals surface area (Å²) < 4.78 is 0. The minimum Gasteiger partial charge on any atom is -0.336 e. The van der Waals surface area contributed by atoms with Crippen LogP contribution in [0.1, 0.15) is 17.3 Å². The monoisotopic (exact) mass is 239 g/mol. The summed E-state index contributed by atoms with van der Waals surface area (Å²) in [5.74, 6) is -0.0132. The number of carbonyl (C=O) groups excluding carboxylic acids is 1. The highest BCUT2D eigenvalue weighted by Gasteiger charge is 2.22. The molecule has 1 saturated heterocycles. The second-order valence-electron chi connectivity index (χ2n) is 3.96. The second-order valence-corrected chi connectivity index (χ2v) is 4.37. The fourth-order valence-corrected chi connectivity index (χ4v) is 2.04. The Bertz CT molecular complexity index is 397. The highest BCUT2D eigenvalue weighted by Crippen LogP contribution is 2.16.